The molecule has 0 aliphatic rings. The minimum Gasteiger partial charge on any atom is -0.392 e. The van der Waals surface area contributed by atoms with Gasteiger partial charge in [0.25, 0.3) is 0 Å². The first-order valence-corrected chi connectivity index (χ1v) is 6.65. The molecule has 1 aromatic carbocycles. The van der Waals surface area contributed by atoms with Gasteiger partial charge in [0.2, 0.25) is 11.6 Å². The van der Waals surface area contributed by atoms with Crippen LogP contribution in [0.3, 0.4) is 0 Å². The standard InChI is InChI=1S/C13H14FN7O/c1-7(22)6-15-13-17-11(10-12(18-13)20-21-19-10)16-9-4-2-8(14)3-5-9/h2-5,7,22H,6H2,1H3,(H3,15,16,17,18,19,20,21)/t7-/m1/s1. The highest BCUT2D eigenvalue weighted by Crippen LogP contribution is 2.22. The number of fused-ring (bicyclic) bond motifs is 1. The first-order chi connectivity index (χ1) is 10.6. The van der Waals surface area contributed by atoms with Crippen molar-refractivity contribution >= 4 is 28.6 Å². The maximum absolute atomic E-state index is 13.0. The number of halogens is 1. The Hall–Kier alpha value is -2.81. The lowest BCUT2D eigenvalue weighted by Gasteiger charge is -2.10. The molecule has 8 nitrogen and oxygen atoms in total. The Morgan fingerprint density at radius 3 is 2.73 bits per heavy atom. The summed E-state index contributed by atoms with van der Waals surface area (Å²) in [6.45, 7) is 1.96. The number of H-pyrrole nitrogens is 1. The highest BCUT2D eigenvalue weighted by molar-refractivity contribution is 5.85. The maximum Gasteiger partial charge on any atom is 0.227 e. The fourth-order valence-corrected chi connectivity index (χ4v) is 1.82. The van der Waals surface area contributed by atoms with Gasteiger partial charge in [-0.05, 0) is 31.2 Å². The minimum atomic E-state index is -0.537. The van der Waals surface area contributed by atoms with E-state index in [0.29, 0.717) is 35.2 Å². The van der Waals surface area contributed by atoms with Gasteiger partial charge < -0.3 is 15.7 Å². The van der Waals surface area contributed by atoms with Crippen molar-refractivity contribution in [3.8, 4) is 0 Å². The summed E-state index contributed by atoms with van der Waals surface area (Å²) in [6, 6.07) is 5.87. The first-order valence-electron chi connectivity index (χ1n) is 6.65. The van der Waals surface area contributed by atoms with Crippen molar-refractivity contribution in [2.24, 2.45) is 0 Å². The molecule has 0 saturated heterocycles. The quantitative estimate of drug-likeness (QED) is 0.564. The highest BCUT2D eigenvalue weighted by atomic mass is 19.1. The zero-order valence-electron chi connectivity index (χ0n) is 11.7. The molecule has 0 unspecified atom stereocenters. The minimum absolute atomic E-state index is 0.305. The Morgan fingerprint density at radius 2 is 2.00 bits per heavy atom. The molecule has 0 aliphatic heterocycles. The summed E-state index contributed by atoms with van der Waals surface area (Å²) in [5.41, 5.74) is 1.51. The largest absolute Gasteiger partial charge is 0.392 e. The number of benzene rings is 1. The van der Waals surface area contributed by atoms with Crippen molar-refractivity contribution in [2.45, 2.75) is 13.0 Å². The van der Waals surface area contributed by atoms with Gasteiger partial charge in [-0.2, -0.15) is 20.3 Å². The average Bonchev–Trinajstić information content (AvgIpc) is 2.96. The van der Waals surface area contributed by atoms with E-state index in [-0.39, 0.29) is 5.82 Å². The van der Waals surface area contributed by atoms with Crippen molar-refractivity contribution in [3.05, 3.63) is 30.1 Å². The molecule has 0 saturated carbocycles. The fourth-order valence-electron chi connectivity index (χ4n) is 1.82. The van der Waals surface area contributed by atoms with Gasteiger partial charge in [-0.25, -0.2) is 4.39 Å². The van der Waals surface area contributed by atoms with Crippen molar-refractivity contribution in [1.82, 2.24) is 25.4 Å². The molecule has 2 aromatic heterocycles. The predicted octanol–water partition coefficient (Wildman–Crippen LogP) is 1.42. The number of nitrogens with one attached hydrogen (secondary N) is 3. The van der Waals surface area contributed by atoms with E-state index in [4.69, 9.17) is 0 Å². The molecule has 0 fully saturated rings. The molecule has 4 N–H and O–H groups in total. The molecule has 9 heteroatoms. The average molecular weight is 303 g/mol. The number of rotatable bonds is 5. The first kappa shape index (κ1) is 14.1. The van der Waals surface area contributed by atoms with Gasteiger partial charge >= 0.3 is 0 Å². The summed E-state index contributed by atoms with van der Waals surface area (Å²) in [5.74, 6) is 0.421. The van der Waals surface area contributed by atoms with Crippen LogP contribution in [0.15, 0.2) is 24.3 Å². The molecule has 3 aromatic rings. The van der Waals surface area contributed by atoms with Crippen molar-refractivity contribution < 1.29 is 9.50 Å². The highest BCUT2D eigenvalue weighted by Gasteiger charge is 2.12. The Morgan fingerprint density at radius 1 is 1.23 bits per heavy atom. The third kappa shape index (κ3) is 3.09. The summed E-state index contributed by atoms with van der Waals surface area (Å²) in [7, 11) is 0. The summed E-state index contributed by atoms with van der Waals surface area (Å²) in [5, 5.41) is 25.7. The molecule has 0 amide bonds. The summed E-state index contributed by atoms with van der Waals surface area (Å²) in [4.78, 5) is 8.49. The second-order valence-electron chi connectivity index (χ2n) is 4.75. The van der Waals surface area contributed by atoms with E-state index in [1.54, 1.807) is 19.1 Å². The van der Waals surface area contributed by atoms with Crippen LogP contribution in [-0.4, -0.2) is 43.1 Å². The van der Waals surface area contributed by atoms with Gasteiger partial charge in [-0.15, -0.1) is 5.10 Å². The van der Waals surface area contributed by atoms with E-state index in [1.807, 2.05) is 0 Å². The summed E-state index contributed by atoms with van der Waals surface area (Å²) < 4.78 is 13.0. The topological polar surface area (TPSA) is 112 Å². The van der Waals surface area contributed by atoms with Gasteiger partial charge in [0.15, 0.2) is 11.3 Å². The van der Waals surface area contributed by atoms with E-state index in [0.717, 1.165) is 0 Å². The number of hydrogen-bond acceptors (Lipinski definition) is 7. The van der Waals surface area contributed by atoms with E-state index < -0.39 is 6.10 Å². The molecule has 1 atom stereocenters. The molecular weight excluding hydrogens is 289 g/mol. The third-order valence-electron chi connectivity index (χ3n) is 2.85. The van der Waals surface area contributed by atoms with Gasteiger partial charge in [-0.3, -0.25) is 0 Å². The van der Waals surface area contributed by atoms with Gasteiger partial charge in [-0.1, -0.05) is 0 Å². The van der Waals surface area contributed by atoms with Crippen LogP contribution in [0.1, 0.15) is 6.92 Å². The predicted molar refractivity (Wildman–Crippen MR) is 79.3 cm³/mol. The second kappa shape index (κ2) is 5.90. The SMILES string of the molecule is C[C@@H](O)CNc1nc(Nc2ccc(F)cc2)c2n[nH]nc2n1. The van der Waals surface area contributed by atoms with Gasteiger partial charge in [0, 0.05) is 12.2 Å². The van der Waals surface area contributed by atoms with Crippen molar-refractivity contribution in [1.29, 1.82) is 0 Å². The number of hydrogen-bond donors (Lipinski definition) is 4. The number of aliphatic hydroxyl groups excluding tert-OH is 1. The molecular formula is C13H14FN7O. The van der Waals surface area contributed by atoms with Crippen molar-refractivity contribution in [3.63, 3.8) is 0 Å². The molecule has 0 bridgehead atoms. The lowest BCUT2D eigenvalue weighted by Crippen LogP contribution is -2.17. The number of aliphatic hydroxyl groups is 1. The molecule has 114 valence electrons. The van der Waals surface area contributed by atoms with Crippen LogP contribution in [-0.2, 0) is 0 Å². The number of nitrogens with zero attached hydrogens (tertiary/aromatic N) is 4. The van der Waals surface area contributed by atoms with Crippen LogP contribution in [0.25, 0.3) is 11.2 Å². The third-order valence-corrected chi connectivity index (χ3v) is 2.85. The lowest BCUT2D eigenvalue weighted by molar-refractivity contribution is 0.208. The summed E-state index contributed by atoms with van der Waals surface area (Å²) >= 11 is 0. The monoisotopic (exact) mass is 303 g/mol. The molecule has 2 heterocycles. The van der Waals surface area contributed by atoms with Crippen LogP contribution < -0.4 is 10.6 Å². The maximum atomic E-state index is 13.0. The normalized spacial score (nSPS) is 12.3. The van der Waals surface area contributed by atoms with E-state index in [1.165, 1.54) is 12.1 Å². The van der Waals surface area contributed by atoms with E-state index in [2.05, 4.69) is 36.0 Å². The molecule has 0 spiro atoms. The zero-order chi connectivity index (χ0) is 15.5. The zero-order valence-corrected chi connectivity index (χ0v) is 11.7. The van der Waals surface area contributed by atoms with Crippen LogP contribution in [0.5, 0.6) is 0 Å². The fraction of sp³-hybridized carbons (Fsp3) is 0.231. The van der Waals surface area contributed by atoms with Crippen LogP contribution in [0.2, 0.25) is 0 Å². The molecule has 0 radical (unpaired) electrons. The Balaban J connectivity index is 1.92. The second-order valence-corrected chi connectivity index (χ2v) is 4.75. The van der Waals surface area contributed by atoms with Gasteiger partial charge in [0.05, 0.1) is 6.10 Å². The molecule has 3 rings (SSSR count). The van der Waals surface area contributed by atoms with Crippen LogP contribution in [0, 0.1) is 5.82 Å². The van der Waals surface area contributed by atoms with Gasteiger partial charge in [0.1, 0.15) is 5.82 Å². The van der Waals surface area contributed by atoms with E-state index >= 15 is 0 Å². The van der Waals surface area contributed by atoms with Crippen LogP contribution in [0.4, 0.5) is 21.8 Å². The Bertz CT molecular complexity index is 772. The lowest BCUT2D eigenvalue weighted by atomic mass is 10.3. The van der Waals surface area contributed by atoms with Crippen LogP contribution >= 0.6 is 0 Å². The number of anilines is 3. The smallest absolute Gasteiger partial charge is 0.227 e. The molecule has 22 heavy (non-hydrogen) atoms. The number of aromatic amines is 1. The molecule has 0 aliphatic carbocycles. The Labute approximate surface area is 124 Å². The number of aromatic nitrogens is 5. The summed E-state index contributed by atoms with van der Waals surface area (Å²) in [6.07, 6.45) is -0.537. The van der Waals surface area contributed by atoms with E-state index in [9.17, 15) is 9.50 Å². The van der Waals surface area contributed by atoms with Crippen molar-refractivity contribution in [2.75, 3.05) is 17.2 Å². The Kier molecular flexibility index (Phi) is 3.79.